The van der Waals surface area contributed by atoms with Crippen LogP contribution in [0.2, 0.25) is 0 Å². The van der Waals surface area contributed by atoms with Crippen LogP contribution in [0.3, 0.4) is 0 Å². The fourth-order valence-electron chi connectivity index (χ4n) is 4.61. The summed E-state index contributed by atoms with van der Waals surface area (Å²) >= 11 is 0. The van der Waals surface area contributed by atoms with E-state index in [0.29, 0.717) is 28.4 Å². The summed E-state index contributed by atoms with van der Waals surface area (Å²) in [5.41, 5.74) is 6.82. The average Bonchev–Trinajstić information content (AvgIpc) is 3.63. The zero-order chi connectivity index (χ0) is 24.9. The molecule has 35 heavy (non-hydrogen) atoms. The van der Waals surface area contributed by atoms with E-state index in [1.807, 2.05) is 55.3 Å². The summed E-state index contributed by atoms with van der Waals surface area (Å²) in [4.78, 5) is 25.9. The molecule has 0 bridgehead atoms. The number of nitrogens with one attached hydrogen (secondary N) is 1. The molecule has 0 atom stereocenters. The highest BCUT2D eigenvalue weighted by molar-refractivity contribution is 6.12. The Bertz CT molecular complexity index is 1470. The zero-order valence-electron chi connectivity index (χ0n) is 20.2. The van der Waals surface area contributed by atoms with E-state index in [-0.39, 0.29) is 16.5 Å². The lowest BCUT2D eigenvalue weighted by molar-refractivity contribution is -0.385. The number of carbonyl (C=O) groups excluding carboxylic acids is 1. The number of anilines is 2. The summed E-state index contributed by atoms with van der Waals surface area (Å²) in [6.07, 6.45) is 2.17. The summed E-state index contributed by atoms with van der Waals surface area (Å²) < 4.78 is 6.33. The third-order valence-corrected chi connectivity index (χ3v) is 6.75. The molecule has 0 unspecified atom stereocenters. The molecule has 1 amide bonds. The predicted octanol–water partition coefficient (Wildman–Crippen LogP) is 6.63. The molecule has 5 rings (SSSR count). The maximum absolute atomic E-state index is 13.0. The van der Waals surface area contributed by atoms with Crippen LogP contribution in [0.15, 0.2) is 59.0 Å². The molecule has 1 aliphatic rings. The lowest BCUT2D eigenvalue weighted by Gasteiger charge is -2.23. The summed E-state index contributed by atoms with van der Waals surface area (Å²) in [6.45, 7) is 3.77. The third-order valence-electron chi connectivity index (χ3n) is 6.75. The molecule has 1 heterocycles. The van der Waals surface area contributed by atoms with Crippen LogP contribution in [0.25, 0.3) is 22.3 Å². The first-order valence-corrected chi connectivity index (χ1v) is 11.7. The molecule has 1 aliphatic carbocycles. The maximum atomic E-state index is 13.0. The Hall–Kier alpha value is -4.13. The van der Waals surface area contributed by atoms with Crippen LogP contribution in [-0.2, 0) is 0 Å². The molecule has 0 spiro atoms. The standard InChI is InChI=1S/C28H27N3O4/c1-16-5-7-19(8-6-16)27-26(28(32)29-3)22-14-21(18-9-10-18)24(15-25(22)35-27)30(4)20-11-12-23(31(33)34)17(2)13-20/h5-8,11-15,18H,9-10H2,1-4H3,(H,29,32). The highest BCUT2D eigenvalue weighted by Gasteiger charge is 2.31. The monoisotopic (exact) mass is 469 g/mol. The van der Waals surface area contributed by atoms with Gasteiger partial charge in [-0.1, -0.05) is 29.8 Å². The number of aryl methyl sites for hydroxylation is 2. The normalized spacial score (nSPS) is 13.1. The van der Waals surface area contributed by atoms with Crippen LogP contribution in [0.1, 0.15) is 45.8 Å². The number of benzene rings is 3. The van der Waals surface area contributed by atoms with Gasteiger partial charge in [-0.3, -0.25) is 14.9 Å². The quantitative estimate of drug-likeness (QED) is 0.253. The van der Waals surface area contributed by atoms with Gasteiger partial charge in [0.15, 0.2) is 0 Å². The van der Waals surface area contributed by atoms with Crippen LogP contribution >= 0.6 is 0 Å². The van der Waals surface area contributed by atoms with Crippen molar-refractivity contribution in [3.8, 4) is 11.3 Å². The highest BCUT2D eigenvalue weighted by Crippen LogP contribution is 2.48. The van der Waals surface area contributed by atoms with Gasteiger partial charge in [0, 0.05) is 54.1 Å². The van der Waals surface area contributed by atoms with Crippen molar-refractivity contribution >= 4 is 33.9 Å². The lowest BCUT2D eigenvalue weighted by Crippen LogP contribution is -2.18. The highest BCUT2D eigenvalue weighted by atomic mass is 16.6. The minimum Gasteiger partial charge on any atom is -0.455 e. The van der Waals surface area contributed by atoms with E-state index >= 15 is 0 Å². The van der Waals surface area contributed by atoms with E-state index in [1.165, 1.54) is 0 Å². The molecule has 1 aromatic heterocycles. The van der Waals surface area contributed by atoms with Crippen LogP contribution in [0.5, 0.6) is 0 Å². The van der Waals surface area contributed by atoms with E-state index in [9.17, 15) is 14.9 Å². The van der Waals surface area contributed by atoms with Gasteiger partial charge in [-0.2, -0.15) is 0 Å². The Morgan fingerprint density at radius 3 is 2.40 bits per heavy atom. The molecule has 0 aliphatic heterocycles. The van der Waals surface area contributed by atoms with Crippen molar-refractivity contribution in [2.45, 2.75) is 32.6 Å². The minimum absolute atomic E-state index is 0.101. The Kier molecular flexibility index (Phi) is 5.55. The second-order valence-electron chi connectivity index (χ2n) is 9.22. The van der Waals surface area contributed by atoms with Gasteiger partial charge in [0.05, 0.1) is 10.5 Å². The van der Waals surface area contributed by atoms with Crippen molar-refractivity contribution in [3.05, 3.63) is 87.0 Å². The fourth-order valence-corrected chi connectivity index (χ4v) is 4.61. The number of fused-ring (bicyclic) bond motifs is 1. The van der Waals surface area contributed by atoms with Gasteiger partial charge in [0.25, 0.3) is 11.6 Å². The molecular formula is C28H27N3O4. The smallest absolute Gasteiger partial charge is 0.272 e. The van der Waals surface area contributed by atoms with Crippen LogP contribution in [0, 0.1) is 24.0 Å². The second-order valence-corrected chi connectivity index (χ2v) is 9.22. The summed E-state index contributed by atoms with van der Waals surface area (Å²) in [5.74, 6) is 0.770. The van der Waals surface area contributed by atoms with Crippen LogP contribution in [0.4, 0.5) is 17.1 Å². The third kappa shape index (κ3) is 4.03. The van der Waals surface area contributed by atoms with E-state index < -0.39 is 0 Å². The Morgan fingerprint density at radius 2 is 1.80 bits per heavy atom. The molecule has 1 fully saturated rings. The average molecular weight is 470 g/mol. The van der Waals surface area contributed by atoms with Gasteiger partial charge in [-0.05, 0) is 56.4 Å². The number of carbonyl (C=O) groups is 1. The topological polar surface area (TPSA) is 88.6 Å². The first-order chi connectivity index (χ1) is 16.8. The van der Waals surface area contributed by atoms with E-state index in [1.54, 1.807) is 26.1 Å². The largest absolute Gasteiger partial charge is 0.455 e. The SMILES string of the molecule is CNC(=O)c1c(-c2ccc(C)cc2)oc2cc(N(C)c3ccc([N+](=O)[O-])c(C)c3)c(C3CC3)cc12. The molecule has 1 N–H and O–H groups in total. The van der Waals surface area contributed by atoms with Gasteiger partial charge in [0.2, 0.25) is 0 Å². The summed E-state index contributed by atoms with van der Waals surface area (Å²) in [7, 11) is 3.58. The predicted molar refractivity (Wildman–Crippen MR) is 138 cm³/mol. The number of nitrogens with zero attached hydrogens (tertiary/aromatic N) is 2. The maximum Gasteiger partial charge on any atom is 0.272 e. The Balaban J connectivity index is 1.69. The van der Waals surface area contributed by atoms with Crippen LogP contribution in [-0.4, -0.2) is 24.9 Å². The van der Waals surface area contributed by atoms with Crippen molar-refractivity contribution in [1.29, 1.82) is 0 Å². The molecule has 178 valence electrons. The molecule has 3 aromatic carbocycles. The number of nitro benzene ring substituents is 1. The number of hydrogen-bond donors (Lipinski definition) is 1. The van der Waals surface area contributed by atoms with E-state index in [4.69, 9.17) is 4.42 Å². The van der Waals surface area contributed by atoms with Crippen molar-refractivity contribution in [1.82, 2.24) is 5.32 Å². The van der Waals surface area contributed by atoms with Crippen LogP contribution < -0.4 is 10.2 Å². The van der Waals surface area contributed by atoms with Crippen molar-refractivity contribution in [2.75, 3.05) is 19.0 Å². The number of rotatable bonds is 6. The molecule has 0 saturated heterocycles. The summed E-state index contributed by atoms with van der Waals surface area (Å²) in [5, 5.41) is 14.8. The number of nitro groups is 1. The van der Waals surface area contributed by atoms with Gasteiger partial charge in [-0.15, -0.1) is 0 Å². The Morgan fingerprint density at radius 1 is 1.09 bits per heavy atom. The second kappa shape index (κ2) is 8.58. The van der Waals surface area contributed by atoms with Gasteiger partial charge >= 0.3 is 0 Å². The molecular weight excluding hydrogens is 442 g/mol. The molecule has 0 radical (unpaired) electrons. The number of furan rings is 1. The Labute approximate surface area is 203 Å². The first kappa shape index (κ1) is 22.7. The van der Waals surface area contributed by atoms with Crippen molar-refractivity contribution in [2.24, 2.45) is 0 Å². The van der Waals surface area contributed by atoms with Gasteiger partial charge in [-0.25, -0.2) is 0 Å². The minimum atomic E-state index is -0.365. The molecule has 1 saturated carbocycles. The number of amides is 1. The van der Waals surface area contributed by atoms with E-state index in [0.717, 1.165) is 46.3 Å². The molecule has 4 aromatic rings. The zero-order valence-corrected chi connectivity index (χ0v) is 20.2. The summed E-state index contributed by atoms with van der Waals surface area (Å²) in [6, 6.07) is 17.2. The molecule has 7 heteroatoms. The van der Waals surface area contributed by atoms with Gasteiger partial charge in [0.1, 0.15) is 11.3 Å². The molecule has 7 nitrogen and oxygen atoms in total. The van der Waals surface area contributed by atoms with Gasteiger partial charge < -0.3 is 14.6 Å². The number of hydrogen-bond acceptors (Lipinski definition) is 5. The van der Waals surface area contributed by atoms with Crippen molar-refractivity contribution in [3.63, 3.8) is 0 Å². The first-order valence-electron chi connectivity index (χ1n) is 11.7. The lowest BCUT2D eigenvalue weighted by atomic mass is 9.99. The van der Waals surface area contributed by atoms with E-state index in [2.05, 4.69) is 11.4 Å². The fraction of sp³-hybridized carbons (Fsp3) is 0.250. The van der Waals surface area contributed by atoms with Crippen molar-refractivity contribution < 1.29 is 14.1 Å².